The molecule has 1 saturated carbocycles. The molecule has 1 heterocycles. The number of carbonyl (C=O) groups is 7. The third-order valence-corrected chi connectivity index (χ3v) is 17.1. The van der Waals surface area contributed by atoms with Gasteiger partial charge >= 0.3 is 43.1 Å². The molecule has 10 aromatic rings. The summed E-state index contributed by atoms with van der Waals surface area (Å²) in [5, 5.41) is 2.62. The molecule has 1 fully saturated rings. The Bertz CT molecular complexity index is 4190. The molecule has 2 aliphatic rings. The zero-order valence-electron chi connectivity index (χ0n) is 80.3. The lowest BCUT2D eigenvalue weighted by Crippen LogP contribution is -2.24. The number of para-hydroxylation sites is 5. The van der Waals surface area contributed by atoms with Gasteiger partial charge in [-0.2, -0.15) is 0 Å². The molecule has 10 aromatic carbocycles. The Morgan fingerprint density at radius 3 is 0.852 bits per heavy atom. The van der Waals surface area contributed by atoms with Gasteiger partial charge in [0.2, 0.25) is 0 Å². The minimum absolute atomic E-state index is 0.293. The second-order valence-corrected chi connectivity index (χ2v) is 33.8. The minimum Gasteiger partial charge on any atom is -0.493 e. The molecule has 0 spiro atoms. The van der Waals surface area contributed by atoms with Crippen LogP contribution in [0.25, 0.3) is 10.8 Å². The lowest BCUT2D eigenvalue weighted by molar-refractivity contribution is 0.0915. The maximum Gasteiger partial charge on any atom is 0.513 e. The van der Waals surface area contributed by atoms with Crippen LogP contribution < -0.4 is 28.4 Å². The van der Waals surface area contributed by atoms with Crippen LogP contribution in [0.5, 0.6) is 34.5 Å². The largest absolute Gasteiger partial charge is 0.513 e. The molecular weight excluding hydrogens is 1630 g/mol. The van der Waals surface area contributed by atoms with Crippen molar-refractivity contribution in [2.24, 2.45) is 34.0 Å². The summed E-state index contributed by atoms with van der Waals surface area (Å²) in [4.78, 5) is 72.7. The van der Waals surface area contributed by atoms with Crippen LogP contribution in [0.3, 0.4) is 0 Å². The van der Waals surface area contributed by atoms with Gasteiger partial charge in [0.05, 0.1) is 70.6 Å². The number of hydrogen-bond acceptors (Lipinski definition) is 22. The van der Waals surface area contributed by atoms with E-state index >= 15 is 0 Å². The van der Waals surface area contributed by atoms with Gasteiger partial charge in [0, 0.05) is 0 Å². The summed E-state index contributed by atoms with van der Waals surface area (Å²) in [6, 6.07) is 88.6. The van der Waals surface area contributed by atoms with Gasteiger partial charge in [-0.1, -0.05) is 329 Å². The Morgan fingerprint density at radius 1 is 0.344 bits per heavy atom. The molecule has 1 aliphatic heterocycles. The summed E-state index contributed by atoms with van der Waals surface area (Å²) in [5.41, 5.74) is 7.19. The highest BCUT2D eigenvalue weighted by Gasteiger charge is 2.30. The first-order valence-corrected chi connectivity index (χ1v) is 42.1. The Balaban J connectivity index is 0.00000139. The van der Waals surface area contributed by atoms with Gasteiger partial charge in [0.15, 0.2) is 0 Å². The van der Waals surface area contributed by atoms with Crippen molar-refractivity contribution in [2.45, 2.75) is 168 Å². The topological polar surface area (TPSA) is 258 Å². The molecule has 0 radical (unpaired) electrons. The maximum absolute atomic E-state index is 11.1. The van der Waals surface area contributed by atoms with E-state index in [1.807, 2.05) is 66.7 Å². The van der Waals surface area contributed by atoms with Crippen LogP contribution in [0.4, 0.5) is 33.6 Å². The van der Waals surface area contributed by atoms with Crippen LogP contribution in [0.15, 0.2) is 279 Å². The number of methoxy groups -OCH3 is 9. The number of benzene rings is 10. The van der Waals surface area contributed by atoms with Crippen LogP contribution in [0.2, 0.25) is 0 Å². The third-order valence-electron chi connectivity index (χ3n) is 17.1. The minimum atomic E-state index is -0.698. The number of rotatable bonds is 7. The van der Waals surface area contributed by atoms with E-state index < -0.39 is 43.1 Å². The van der Waals surface area contributed by atoms with Gasteiger partial charge in [0.25, 0.3) is 0 Å². The predicted octanol–water partition coefficient (Wildman–Crippen LogP) is 28.5. The van der Waals surface area contributed by atoms with Gasteiger partial charge in [-0.05, 0) is 185 Å². The van der Waals surface area contributed by atoms with E-state index in [0.29, 0.717) is 62.2 Å². The molecule has 0 saturated heterocycles. The number of aryl methyl sites for hydroxylation is 2. The Labute approximate surface area is 762 Å². The van der Waals surface area contributed by atoms with E-state index in [-0.39, 0.29) is 0 Å². The first kappa shape index (κ1) is 115. The molecule has 22 nitrogen and oxygen atoms in total. The molecule has 22 heteroatoms. The van der Waals surface area contributed by atoms with Crippen molar-refractivity contribution in [3.8, 4) is 34.5 Å². The van der Waals surface area contributed by atoms with Crippen molar-refractivity contribution in [2.75, 3.05) is 70.6 Å². The van der Waals surface area contributed by atoms with E-state index in [9.17, 15) is 33.6 Å². The van der Waals surface area contributed by atoms with E-state index in [1.54, 1.807) is 97.1 Å². The monoisotopic (exact) mass is 1770 g/mol. The molecular formula is C106H142O22. The number of carbonyl (C=O) groups excluding carboxylic acids is 7. The molecule has 0 amide bonds. The summed E-state index contributed by atoms with van der Waals surface area (Å²) in [5.74, 6) is 6.52. The smallest absolute Gasteiger partial charge is 0.493 e. The lowest BCUT2D eigenvalue weighted by Gasteiger charge is -2.36. The molecule has 12 rings (SSSR count). The summed E-state index contributed by atoms with van der Waals surface area (Å²) < 4.78 is 67.1. The van der Waals surface area contributed by atoms with Crippen molar-refractivity contribution in [3.63, 3.8) is 0 Å². The van der Waals surface area contributed by atoms with Gasteiger partial charge < -0.3 is 71.1 Å². The molecule has 0 bridgehead atoms. The Kier molecular flexibility index (Phi) is 59.9. The van der Waals surface area contributed by atoms with E-state index in [4.69, 9.17) is 28.4 Å². The summed E-state index contributed by atoms with van der Waals surface area (Å²) in [6.45, 7) is 39.2. The molecule has 1 aliphatic carbocycles. The average molecular weight is 1770 g/mol. The van der Waals surface area contributed by atoms with Gasteiger partial charge in [-0.3, -0.25) is 0 Å². The van der Waals surface area contributed by atoms with Gasteiger partial charge in [0.1, 0.15) is 34.5 Å². The van der Waals surface area contributed by atoms with Gasteiger partial charge in [-0.15, -0.1) is 0 Å². The number of fused-ring (bicyclic) bond motifs is 2. The fourth-order valence-electron chi connectivity index (χ4n) is 11.6. The highest BCUT2D eigenvalue weighted by Crippen LogP contribution is 2.43. The fraction of sp³-hybridized carbons (Fsp3) is 0.387. The van der Waals surface area contributed by atoms with Crippen molar-refractivity contribution in [1.29, 1.82) is 0 Å². The fourth-order valence-corrected chi connectivity index (χ4v) is 11.6. The second-order valence-electron chi connectivity index (χ2n) is 33.8. The van der Waals surface area contributed by atoms with Crippen LogP contribution in [0, 0.1) is 40.9 Å². The standard InChI is InChI=1S/C18H26O3.C10H8.C10H14.C9H10O.C9H20.4C8H8O3.C7H8.C5H12.2C3H6O3/c1-12(2)15-7-10-17(13(3)11-15)14-5-8-16(9-6-14)21-18(19)20-4;1-2-6-10-8-4-3-7-9(10)5-1;1-10(2,3)9-7-5-4-6-8-9;1-2-6-9-8(4-1)5-3-7-10-9;1-8(2,3)7-9(4,5)6;4*1-10-8(9)11-7-5-3-2-4-6-7;1-7-5-3-2-4-6-7;1-5(2,3)4;2*1-5-3(4)6-2/h5-6,8-9,12-13,15,17H,7,10-11H2,1-4H3;1-8H;4-8H,1-3H3;1-2,4,6H,3,5,7H2;7H2,1-6H3;4*2-6H,1H3;2-6H,1H3;1-4H3;2*1-2H3. The lowest BCUT2D eigenvalue weighted by atomic mass is 9.69. The molecule has 3 atom stereocenters. The van der Waals surface area contributed by atoms with Gasteiger partial charge in [-0.25, -0.2) is 33.6 Å². The number of ether oxygens (including phenoxy) is 15. The van der Waals surface area contributed by atoms with Crippen LogP contribution >= 0.6 is 0 Å². The normalized spacial score (nSPS) is 12.7. The van der Waals surface area contributed by atoms with Crippen molar-refractivity contribution < 1.29 is 105 Å². The highest BCUT2D eigenvalue weighted by molar-refractivity contribution is 5.82. The molecule has 3 unspecified atom stereocenters. The summed E-state index contributed by atoms with van der Waals surface area (Å²) >= 11 is 0. The second kappa shape index (κ2) is 66.6. The van der Waals surface area contributed by atoms with Crippen molar-refractivity contribution >= 4 is 53.9 Å². The van der Waals surface area contributed by atoms with Crippen LogP contribution in [-0.4, -0.2) is 114 Å². The number of hydrogen-bond donors (Lipinski definition) is 0. The summed E-state index contributed by atoms with van der Waals surface area (Å²) in [6.07, 6.45) is 2.72. The first-order chi connectivity index (χ1) is 60.6. The predicted molar refractivity (Wildman–Crippen MR) is 509 cm³/mol. The summed E-state index contributed by atoms with van der Waals surface area (Å²) in [7, 11) is 11.4. The first-order valence-electron chi connectivity index (χ1n) is 42.1. The zero-order valence-corrected chi connectivity index (χ0v) is 80.3. The maximum atomic E-state index is 11.1. The Morgan fingerprint density at radius 2 is 0.617 bits per heavy atom. The highest BCUT2D eigenvalue weighted by atomic mass is 16.7. The van der Waals surface area contributed by atoms with Crippen LogP contribution in [-0.2, 0) is 54.5 Å². The molecule has 698 valence electrons. The SMILES string of the molecule is CC(C)(C)C.CC(C)(C)CC(C)(C)C.CC(C)(C)c1ccccc1.COC(=O)OC.COC(=O)OC.COC(=O)Oc1ccc(C2CCC(C(C)C)CC2C)cc1.COC(=O)Oc1ccccc1.COC(=O)Oc1ccccc1.COC(=O)Oc1ccccc1.COC(=O)Oc1ccccc1.Cc1ccccc1.c1ccc2c(c1)CCCO2.c1ccc2ccccc2c1. The average Bonchev–Trinajstić information content (AvgIpc) is 0.817. The quantitative estimate of drug-likeness (QED) is 0.0816. The van der Waals surface area contributed by atoms with Crippen LogP contribution in [0.1, 0.15) is 171 Å². The molecule has 0 aromatic heterocycles. The van der Waals surface area contributed by atoms with Crippen molar-refractivity contribution in [3.05, 3.63) is 301 Å². The third kappa shape index (κ3) is 61.5. The zero-order chi connectivity index (χ0) is 96.4. The van der Waals surface area contributed by atoms with Crippen molar-refractivity contribution in [1.82, 2.24) is 0 Å². The van der Waals surface area contributed by atoms with E-state index in [2.05, 4.69) is 276 Å². The molecule has 128 heavy (non-hydrogen) atoms. The molecule has 0 N–H and O–H groups in total. The van der Waals surface area contributed by atoms with E-state index in [1.165, 1.54) is 129 Å². The Hall–Kier alpha value is -12.9. The van der Waals surface area contributed by atoms with E-state index in [0.717, 1.165) is 30.6 Å².